The van der Waals surface area contributed by atoms with Crippen LogP contribution in [0, 0.1) is 11.6 Å². The second kappa shape index (κ2) is 6.10. The largest absolute Gasteiger partial charge is 0.373 e. The molecule has 22 heavy (non-hydrogen) atoms. The van der Waals surface area contributed by atoms with Crippen LogP contribution in [0.5, 0.6) is 0 Å². The summed E-state index contributed by atoms with van der Waals surface area (Å²) in [6.45, 7) is 0. The first-order valence-corrected chi connectivity index (χ1v) is 6.97. The van der Waals surface area contributed by atoms with E-state index in [4.69, 9.17) is 0 Å². The topological polar surface area (TPSA) is 12.0 Å². The van der Waals surface area contributed by atoms with Gasteiger partial charge in [-0.1, -0.05) is 30.3 Å². The maximum atomic E-state index is 14.0. The smallest absolute Gasteiger partial charge is 0.146 e. The molecule has 0 aliphatic heterocycles. The van der Waals surface area contributed by atoms with Crippen molar-refractivity contribution in [3.05, 3.63) is 83.7 Å². The molecule has 4 heteroatoms. The fraction of sp³-hybridized carbons (Fsp3) is 0.111. The van der Waals surface area contributed by atoms with Crippen molar-refractivity contribution in [1.29, 1.82) is 0 Å². The Balaban J connectivity index is 1.81. The van der Waals surface area contributed by atoms with Gasteiger partial charge in [-0.15, -0.1) is 0 Å². The Morgan fingerprint density at radius 2 is 1.59 bits per heavy atom. The average molecular weight is 301 g/mol. The molecular weight excluding hydrogens is 287 g/mol. The zero-order valence-corrected chi connectivity index (χ0v) is 11.7. The van der Waals surface area contributed by atoms with Gasteiger partial charge < -0.3 is 5.32 Å². The molecule has 1 aliphatic rings. The fourth-order valence-corrected chi connectivity index (χ4v) is 2.45. The van der Waals surface area contributed by atoms with E-state index in [1.54, 1.807) is 36.4 Å². The van der Waals surface area contributed by atoms with E-state index >= 15 is 0 Å². The highest BCUT2D eigenvalue weighted by Gasteiger charge is 2.21. The third kappa shape index (κ3) is 3.06. The quantitative estimate of drug-likeness (QED) is 0.833. The minimum atomic E-state index is -0.637. The normalized spacial score (nSPS) is 17.7. The van der Waals surface area contributed by atoms with E-state index in [0.29, 0.717) is 6.42 Å². The van der Waals surface area contributed by atoms with Crippen LogP contribution in [0.3, 0.4) is 0 Å². The number of hydrogen-bond donors (Lipinski definition) is 1. The van der Waals surface area contributed by atoms with Crippen LogP contribution in [0.4, 0.5) is 18.9 Å². The maximum absolute atomic E-state index is 14.0. The number of nitrogens with one attached hydrogen (secondary N) is 1. The van der Waals surface area contributed by atoms with Gasteiger partial charge in [0.1, 0.15) is 17.5 Å². The van der Waals surface area contributed by atoms with Gasteiger partial charge in [0, 0.05) is 0 Å². The van der Waals surface area contributed by atoms with Crippen LogP contribution in [-0.2, 0) is 0 Å². The molecule has 2 aromatic carbocycles. The summed E-state index contributed by atoms with van der Waals surface area (Å²) in [6, 6.07) is 11.6. The highest BCUT2D eigenvalue weighted by molar-refractivity contribution is 5.70. The number of hydrogen-bond acceptors (Lipinski definition) is 1. The molecule has 0 amide bonds. The third-order valence-corrected chi connectivity index (χ3v) is 3.62. The minimum absolute atomic E-state index is 0.261. The van der Waals surface area contributed by atoms with Gasteiger partial charge >= 0.3 is 0 Å². The van der Waals surface area contributed by atoms with Gasteiger partial charge in [-0.05, 0) is 47.9 Å². The van der Waals surface area contributed by atoms with Gasteiger partial charge in [0.2, 0.25) is 0 Å². The summed E-state index contributed by atoms with van der Waals surface area (Å²) in [4.78, 5) is 0. The number of halogens is 3. The SMILES string of the molecule is FC1=CC=C(c2ccc(F)cc2)CC1Nc1ccccc1F. The second-order valence-corrected chi connectivity index (χ2v) is 5.13. The molecule has 0 radical (unpaired) electrons. The molecule has 0 saturated heterocycles. The lowest BCUT2D eigenvalue weighted by atomic mass is 9.93. The molecule has 3 rings (SSSR count). The molecule has 1 unspecified atom stereocenters. The molecule has 2 aromatic rings. The van der Waals surface area contributed by atoms with Gasteiger partial charge in [-0.2, -0.15) is 0 Å². The van der Waals surface area contributed by atoms with Crippen LogP contribution < -0.4 is 5.32 Å². The lowest BCUT2D eigenvalue weighted by molar-refractivity contribution is 0.554. The zero-order valence-electron chi connectivity index (χ0n) is 11.7. The molecule has 1 atom stereocenters. The second-order valence-electron chi connectivity index (χ2n) is 5.13. The number of para-hydroxylation sites is 1. The lowest BCUT2D eigenvalue weighted by Gasteiger charge is -2.23. The van der Waals surface area contributed by atoms with E-state index in [1.807, 2.05) is 0 Å². The Kier molecular flexibility index (Phi) is 4.00. The predicted octanol–water partition coefficient (Wildman–Crippen LogP) is 5.09. The molecular formula is C18H14F3N. The van der Waals surface area contributed by atoms with E-state index < -0.39 is 11.9 Å². The van der Waals surface area contributed by atoms with Crippen LogP contribution in [0.15, 0.2) is 66.5 Å². The fourth-order valence-electron chi connectivity index (χ4n) is 2.45. The first-order chi connectivity index (χ1) is 10.6. The van der Waals surface area contributed by atoms with Crippen molar-refractivity contribution in [2.45, 2.75) is 12.5 Å². The van der Waals surface area contributed by atoms with Crippen molar-refractivity contribution in [3.63, 3.8) is 0 Å². The first-order valence-electron chi connectivity index (χ1n) is 6.97. The van der Waals surface area contributed by atoms with E-state index in [1.165, 1.54) is 24.3 Å². The van der Waals surface area contributed by atoms with Gasteiger partial charge in [0.15, 0.2) is 0 Å². The predicted molar refractivity (Wildman–Crippen MR) is 82.0 cm³/mol. The lowest BCUT2D eigenvalue weighted by Crippen LogP contribution is -2.23. The highest BCUT2D eigenvalue weighted by atomic mass is 19.1. The summed E-state index contributed by atoms with van der Waals surface area (Å²) >= 11 is 0. The summed E-state index contributed by atoms with van der Waals surface area (Å²) in [6.07, 6.45) is 3.39. The van der Waals surface area contributed by atoms with E-state index in [9.17, 15) is 13.2 Å². The van der Waals surface area contributed by atoms with Crippen molar-refractivity contribution in [2.24, 2.45) is 0 Å². The summed E-state index contributed by atoms with van der Waals surface area (Å²) in [7, 11) is 0. The summed E-state index contributed by atoms with van der Waals surface area (Å²) in [5.74, 6) is -1.09. The molecule has 0 saturated carbocycles. The molecule has 1 N–H and O–H groups in total. The minimum Gasteiger partial charge on any atom is -0.373 e. The summed E-state index contributed by atoms with van der Waals surface area (Å²) in [5, 5.41) is 2.88. The molecule has 1 aliphatic carbocycles. The monoisotopic (exact) mass is 301 g/mol. The van der Waals surface area contributed by atoms with Crippen LogP contribution >= 0.6 is 0 Å². The molecule has 0 heterocycles. The van der Waals surface area contributed by atoms with Crippen molar-refractivity contribution in [2.75, 3.05) is 5.32 Å². The molecule has 0 aromatic heterocycles. The van der Waals surface area contributed by atoms with Crippen molar-refractivity contribution in [1.82, 2.24) is 0 Å². The number of anilines is 1. The van der Waals surface area contributed by atoms with Crippen LogP contribution in [0.2, 0.25) is 0 Å². The maximum Gasteiger partial charge on any atom is 0.146 e. The highest BCUT2D eigenvalue weighted by Crippen LogP contribution is 2.30. The van der Waals surface area contributed by atoms with Crippen LogP contribution in [-0.4, -0.2) is 6.04 Å². The molecule has 0 bridgehead atoms. The van der Waals surface area contributed by atoms with Gasteiger partial charge in [-0.25, -0.2) is 13.2 Å². The van der Waals surface area contributed by atoms with Gasteiger partial charge in [0.25, 0.3) is 0 Å². The zero-order chi connectivity index (χ0) is 15.5. The number of allylic oxidation sites excluding steroid dienone is 2. The molecule has 0 fully saturated rings. The van der Waals surface area contributed by atoms with Gasteiger partial charge in [0.05, 0.1) is 11.7 Å². The molecule has 1 nitrogen and oxygen atoms in total. The van der Waals surface area contributed by atoms with E-state index in [2.05, 4.69) is 5.32 Å². The number of rotatable bonds is 3. The average Bonchev–Trinajstić information content (AvgIpc) is 2.52. The Labute approximate surface area is 126 Å². The van der Waals surface area contributed by atoms with Crippen LogP contribution in [0.1, 0.15) is 12.0 Å². The van der Waals surface area contributed by atoms with E-state index in [0.717, 1.165) is 11.1 Å². The Morgan fingerprint density at radius 3 is 2.32 bits per heavy atom. The van der Waals surface area contributed by atoms with Crippen LogP contribution in [0.25, 0.3) is 5.57 Å². The Hall–Kier alpha value is -2.49. The first kappa shape index (κ1) is 14.4. The Morgan fingerprint density at radius 1 is 0.864 bits per heavy atom. The summed E-state index contributed by atoms with van der Waals surface area (Å²) in [5.41, 5.74) is 1.96. The van der Waals surface area contributed by atoms with E-state index in [-0.39, 0.29) is 17.3 Å². The van der Waals surface area contributed by atoms with Crippen molar-refractivity contribution < 1.29 is 13.2 Å². The van der Waals surface area contributed by atoms with Crippen molar-refractivity contribution in [3.8, 4) is 0 Å². The van der Waals surface area contributed by atoms with Gasteiger partial charge in [-0.3, -0.25) is 0 Å². The standard InChI is InChI=1S/C18H14F3N/c19-14-8-5-12(6-9-14)13-7-10-16(21)18(11-13)22-17-4-2-1-3-15(17)20/h1-10,18,22H,11H2. The molecule has 112 valence electrons. The van der Waals surface area contributed by atoms with Crippen molar-refractivity contribution >= 4 is 11.3 Å². The third-order valence-electron chi connectivity index (χ3n) is 3.62. The summed E-state index contributed by atoms with van der Waals surface area (Å²) < 4.78 is 40.6. The number of benzene rings is 2. The molecule has 0 spiro atoms. The Bertz CT molecular complexity index is 732.